The smallest absolute Gasteiger partial charge is 0.259 e. The van der Waals surface area contributed by atoms with E-state index in [2.05, 4.69) is 21.9 Å². The summed E-state index contributed by atoms with van der Waals surface area (Å²) >= 11 is 6.05. The van der Waals surface area contributed by atoms with Crippen molar-refractivity contribution in [2.45, 2.75) is 0 Å². The number of hydrogen-bond acceptors (Lipinski definition) is 3. The van der Waals surface area contributed by atoms with Crippen molar-refractivity contribution in [3.05, 3.63) is 83.4 Å². The summed E-state index contributed by atoms with van der Waals surface area (Å²) in [6.45, 7) is 0.143. The minimum absolute atomic E-state index is 0.143. The van der Waals surface area contributed by atoms with Gasteiger partial charge in [-0.3, -0.25) is 4.79 Å². The second kappa shape index (κ2) is 8.83. The topological polar surface area (TPSA) is 53.5 Å². The molecule has 0 heterocycles. The van der Waals surface area contributed by atoms with Crippen LogP contribution in [-0.4, -0.2) is 18.7 Å². The molecule has 0 aliphatic heterocycles. The molecular weight excluding hydrogens is 346 g/mol. The third kappa shape index (κ3) is 4.94. The highest BCUT2D eigenvalue weighted by molar-refractivity contribution is 6.32. The highest BCUT2D eigenvalue weighted by Gasteiger charge is 2.00. The number of fused-ring (bicyclic) bond motifs is 1. The predicted molar refractivity (Wildman–Crippen MR) is 110 cm³/mol. The van der Waals surface area contributed by atoms with Crippen molar-refractivity contribution < 1.29 is 4.79 Å². The van der Waals surface area contributed by atoms with Gasteiger partial charge < -0.3 is 5.32 Å². The number of rotatable bonds is 6. The molecule has 0 saturated heterocycles. The van der Waals surface area contributed by atoms with E-state index in [1.54, 1.807) is 6.08 Å². The van der Waals surface area contributed by atoms with Crippen LogP contribution in [-0.2, 0) is 4.79 Å². The summed E-state index contributed by atoms with van der Waals surface area (Å²) in [4.78, 5) is 11.8. The van der Waals surface area contributed by atoms with E-state index in [0.717, 1.165) is 22.0 Å². The van der Waals surface area contributed by atoms with Crippen LogP contribution in [0.25, 0.3) is 16.8 Å². The lowest BCUT2D eigenvalue weighted by Gasteiger charge is -2.06. The molecule has 3 aromatic rings. The van der Waals surface area contributed by atoms with E-state index < -0.39 is 0 Å². The van der Waals surface area contributed by atoms with Crippen molar-refractivity contribution in [2.24, 2.45) is 5.10 Å². The number of nitrogens with one attached hydrogen (secondary N) is 2. The minimum Gasteiger partial charge on any atom is -0.376 e. The van der Waals surface area contributed by atoms with E-state index >= 15 is 0 Å². The van der Waals surface area contributed by atoms with Gasteiger partial charge in [-0.15, -0.1) is 0 Å². The predicted octanol–water partition coefficient (Wildman–Crippen LogP) is 4.72. The van der Waals surface area contributed by atoms with Crippen molar-refractivity contribution in [3.63, 3.8) is 0 Å². The lowest BCUT2D eigenvalue weighted by molar-refractivity contribution is -0.119. The molecule has 0 unspecified atom stereocenters. The molecule has 130 valence electrons. The number of amides is 1. The number of carbonyl (C=O) groups excluding carboxylic acids is 1. The molecule has 26 heavy (non-hydrogen) atoms. The number of allylic oxidation sites excluding steroid dienone is 1. The van der Waals surface area contributed by atoms with E-state index in [0.29, 0.717) is 5.02 Å². The molecule has 3 rings (SSSR count). The molecule has 5 heteroatoms. The fraction of sp³-hybridized carbons (Fsp3) is 0.0476. The first-order valence-corrected chi connectivity index (χ1v) is 8.56. The molecule has 0 atom stereocenters. The van der Waals surface area contributed by atoms with Crippen LogP contribution in [0, 0.1) is 0 Å². The summed E-state index contributed by atoms with van der Waals surface area (Å²) in [7, 11) is 0. The first-order valence-electron chi connectivity index (χ1n) is 8.18. The molecule has 0 aromatic heterocycles. The summed E-state index contributed by atoms with van der Waals surface area (Å²) in [5.74, 6) is -0.222. The van der Waals surface area contributed by atoms with Crippen LogP contribution in [0.2, 0.25) is 5.02 Å². The molecule has 0 aliphatic rings. The van der Waals surface area contributed by atoms with Crippen LogP contribution in [0.4, 0.5) is 5.69 Å². The summed E-state index contributed by atoms with van der Waals surface area (Å²) in [5.41, 5.74) is 4.26. The third-order valence-corrected chi connectivity index (χ3v) is 4.08. The van der Waals surface area contributed by atoms with Crippen LogP contribution in [0.5, 0.6) is 0 Å². The van der Waals surface area contributed by atoms with Crippen molar-refractivity contribution >= 4 is 46.3 Å². The van der Waals surface area contributed by atoms with Gasteiger partial charge in [0.2, 0.25) is 0 Å². The van der Waals surface area contributed by atoms with Gasteiger partial charge in [-0.25, -0.2) is 5.43 Å². The Morgan fingerprint density at radius 3 is 2.62 bits per heavy atom. The number of anilines is 1. The fourth-order valence-electron chi connectivity index (χ4n) is 2.43. The maximum Gasteiger partial charge on any atom is 0.259 e. The first kappa shape index (κ1) is 17.7. The molecule has 0 saturated carbocycles. The average Bonchev–Trinajstić information content (AvgIpc) is 2.67. The van der Waals surface area contributed by atoms with Crippen molar-refractivity contribution in [1.82, 2.24) is 5.43 Å². The third-order valence-electron chi connectivity index (χ3n) is 3.73. The van der Waals surface area contributed by atoms with Gasteiger partial charge >= 0.3 is 0 Å². The number of hydrogen-bond donors (Lipinski definition) is 2. The van der Waals surface area contributed by atoms with E-state index in [9.17, 15) is 4.79 Å². The van der Waals surface area contributed by atoms with Crippen LogP contribution in [0.3, 0.4) is 0 Å². The highest BCUT2D eigenvalue weighted by atomic mass is 35.5. The standard InChI is InChI=1S/C21H18ClN3O/c22-20-10-4-3-7-17(20)9-5-13-24-25-21(26)15-23-19-12-11-16-6-1-2-8-18(16)14-19/h1-14,23H,15H2,(H,25,26). The zero-order valence-corrected chi connectivity index (χ0v) is 14.8. The Balaban J connectivity index is 1.47. The van der Waals surface area contributed by atoms with Crippen molar-refractivity contribution in [2.75, 3.05) is 11.9 Å². The molecule has 4 nitrogen and oxygen atoms in total. The minimum atomic E-state index is -0.222. The lowest BCUT2D eigenvalue weighted by atomic mass is 10.1. The fourth-order valence-corrected chi connectivity index (χ4v) is 2.63. The molecule has 0 fully saturated rings. The summed E-state index contributed by atoms with van der Waals surface area (Å²) in [5, 5.41) is 9.93. The number of nitrogens with zero attached hydrogens (tertiary/aromatic N) is 1. The Kier molecular flexibility index (Phi) is 6.01. The van der Waals surface area contributed by atoms with Gasteiger partial charge in [0.15, 0.2) is 0 Å². The van der Waals surface area contributed by atoms with E-state index in [4.69, 9.17) is 11.6 Å². The summed E-state index contributed by atoms with van der Waals surface area (Å²) in [6.07, 6.45) is 5.06. The number of halogens is 1. The summed E-state index contributed by atoms with van der Waals surface area (Å²) in [6, 6.07) is 21.6. The lowest BCUT2D eigenvalue weighted by Crippen LogP contribution is -2.25. The monoisotopic (exact) mass is 363 g/mol. The van der Waals surface area contributed by atoms with Crippen molar-refractivity contribution in [1.29, 1.82) is 0 Å². The normalized spacial score (nSPS) is 11.3. The Hall–Kier alpha value is -3.11. The molecule has 1 amide bonds. The molecule has 0 aliphatic carbocycles. The second-order valence-corrected chi connectivity index (χ2v) is 6.02. The molecule has 2 N–H and O–H groups in total. The van der Waals surface area contributed by atoms with Crippen LogP contribution < -0.4 is 10.7 Å². The Morgan fingerprint density at radius 2 is 1.77 bits per heavy atom. The SMILES string of the molecule is O=C(CNc1ccc2ccccc2c1)NN=CC=Cc1ccccc1Cl. The van der Waals surface area contributed by atoms with Gasteiger partial charge in [0.25, 0.3) is 5.91 Å². The maximum atomic E-state index is 11.8. The molecule has 0 bridgehead atoms. The van der Waals surface area contributed by atoms with Gasteiger partial charge in [0, 0.05) is 16.9 Å². The largest absolute Gasteiger partial charge is 0.376 e. The van der Waals surface area contributed by atoms with E-state index in [-0.39, 0.29) is 12.5 Å². The highest BCUT2D eigenvalue weighted by Crippen LogP contribution is 2.18. The van der Waals surface area contributed by atoms with Gasteiger partial charge in [0.05, 0.1) is 6.54 Å². The van der Waals surface area contributed by atoms with Crippen LogP contribution in [0.15, 0.2) is 77.9 Å². The first-order chi connectivity index (χ1) is 12.7. The zero-order chi connectivity index (χ0) is 18.2. The van der Waals surface area contributed by atoms with Gasteiger partial charge in [-0.05, 0) is 40.6 Å². The Bertz CT molecular complexity index is 966. The molecule has 0 radical (unpaired) electrons. The van der Waals surface area contributed by atoms with Gasteiger partial charge in [-0.1, -0.05) is 66.2 Å². The Labute approximate surface area is 157 Å². The summed E-state index contributed by atoms with van der Waals surface area (Å²) < 4.78 is 0. The van der Waals surface area contributed by atoms with E-state index in [1.165, 1.54) is 6.21 Å². The Morgan fingerprint density at radius 1 is 1.00 bits per heavy atom. The molecular formula is C21H18ClN3O. The maximum absolute atomic E-state index is 11.8. The number of hydrazone groups is 1. The second-order valence-electron chi connectivity index (χ2n) is 5.61. The number of benzene rings is 3. The van der Waals surface area contributed by atoms with Gasteiger partial charge in [-0.2, -0.15) is 5.10 Å². The van der Waals surface area contributed by atoms with Crippen LogP contribution in [0.1, 0.15) is 5.56 Å². The average molecular weight is 364 g/mol. The van der Waals surface area contributed by atoms with Crippen LogP contribution >= 0.6 is 11.6 Å². The van der Waals surface area contributed by atoms with Gasteiger partial charge in [0.1, 0.15) is 0 Å². The zero-order valence-electron chi connectivity index (χ0n) is 14.0. The molecule has 3 aromatic carbocycles. The van der Waals surface area contributed by atoms with E-state index in [1.807, 2.05) is 66.7 Å². The quantitative estimate of drug-likeness (QED) is 0.491. The van der Waals surface area contributed by atoms with Crippen molar-refractivity contribution in [3.8, 4) is 0 Å². The number of carbonyl (C=O) groups is 1. The molecule has 0 spiro atoms.